The van der Waals surface area contributed by atoms with Crippen molar-refractivity contribution in [3.05, 3.63) is 0 Å². The number of carbonyl (C=O) groups is 1. The summed E-state index contributed by atoms with van der Waals surface area (Å²) in [6.07, 6.45) is 2.92. The lowest BCUT2D eigenvalue weighted by atomic mass is 9.96. The highest BCUT2D eigenvalue weighted by atomic mass is 35.5. The van der Waals surface area contributed by atoms with Gasteiger partial charge in [0.05, 0.1) is 0 Å². The Labute approximate surface area is 113 Å². The van der Waals surface area contributed by atoms with Crippen molar-refractivity contribution in [2.24, 2.45) is 11.8 Å². The highest BCUT2D eigenvalue weighted by Crippen LogP contribution is 2.13. The monoisotopic (exact) mass is 264 g/mol. The molecule has 0 aromatic rings. The average molecular weight is 265 g/mol. The quantitative estimate of drug-likeness (QED) is 0.629. The van der Waals surface area contributed by atoms with Crippen LogP contribution in [-0.4, -0.2) is 25.5 Å². The Hall–Kier alpha value is -0.280. The zero-order chi connectivity index (χ0) is 12.4. The van der Waals surface area contributed by atoms with Gasteiger partial charge in [0.15, 0.2) is 0 Å². The summed E-state index contributed by atoms with van der Waals surface area (Å²) >= 11 is 0. The van der Waals surface area contributed by atoms with Crippen LogP contribution in [0.5, 0.6) is 0 Å². The van der Waals surface area contributed by atoms with Crippen LogP contribution in [0.25, 0.3) is 0 Å². The number of carbonyl (C=O) groups excluding carboxylic acids is 1. The Bertz CT molecular complexity index is 186. The van der Waals surface area contributed by atoms with Gasteiger partial charge in [0.25, 0.3) is 0 Å². The third-order valence-corrected chi connectivity index (χ3v) is 2.46. The topological polar surface area (TPSA) is 41.1 Å². The van der Waals surface area contributed by atoms with E-state index in [0.29, 0.717) is 18.3 Å². The van der Waals surface area contributed by atoms with Gasteiger partial charge in [-0.15, -0.1) is 12.4 Å². The standard InChI is InChI=1S/C13H28N2O.ClH/c1-5-6-14-7-8-15-13(16)10-12(4)9-11(2)3;/h11-12,14H,5-10H2,1-4H3,(H,15,16);1H. The summed E-state index contributed by atoms with van der Waals surface area (Å²) in [5, 5.41) is 6.21. The second-order valence-corrected chi connectivity index (χ2v) is 5.04. The van der Waals surface area contributed by atoms with Crippen molar-refractivity contribution >= 4 is 18.3 Å². The molecule has 2 N–H and O–H groups in total. The third-order valence-electron chi connectivity index (χ3n) is 2.46. The van der Waals surface area contributed by atoms with Gasteiger partial charge in [0.1, 0.15) is 0 Å². The number of nitrogens with one attached hydrogen (secondary N) is 2. The van der Waals surface area contributed by atoms with E-state index in [1.165, 1.54) is 0 Å². The molecule has 0 radical (unpaired) electrons. The van der Waals surface area contributed by atoms with Gasteiger partial charge >= 0.3 is 0 Å². The van der Waals surface area contributed by atoms with Crippen LogP contribution >= 0.6 is 12.4 Å². The van der Waals surface area contributed by atoms with E-state index in [9.17, 15) is 4.79 Å². The van der Waals surface area contributed by atoms with Crippen molar-refractivity contribution in [2.75, 3.05) is 19.6 Å². The summed E-state index contributed by atoms with van der Waals surface area (Å²) in [5.74, 6) is 1.35. The van der Waals surface area contributed by atoms with E-state index in [1.54, 1.807) is 0 Å². The first-order chi connectivity index (χ1) is 7.56. The second-order valence-electron chi connectivity index (χ2n) is 5.04. The third kappa shape index (κ3) is 13.7. The molecule has 104 valence electrons. The number of hydrogen-bond acceptors (Lipinski definition) is 2. The van der Waals surface area contributed by atoms with E-state index < -0.39 is 0 Å². The summed E-state index contributed by atoms with van der Waals surface area (Å²) in [6, 6.07) is 0. The highest BCUT2D eigenvalue weighted by Gasteiger charge is 2.09. The predicted molar refractivity (Wildman–Crippen MR) is 76.7 cm³/mol. The maximum Gasteiger partial charge on any atom is 0.220 e. The molecule has 0 saturated carbocycles. The molecule has 0 heterocycles. The van der Waals surface area contributed by atoms with Gasteiger partial charge < -0.3 is 10.6 Å². The summed E-state index contributed by atoms with van der Waals surface area (Å²) in [6.45, 7) is 11.3. The van der Waals surface area contributed by atoms with Gasteiger partial charge in [-0.2, -0.15) is 0 Å². The number of amides is 1. The first-order valence-electron chi connectivity index (χ1n) is 6.53. The largest absolute Gasteiger partial charge is 0.355 e. The summed E-state index contributed by atoms with van der Waals surface area (Å²) in [4.78, 5) is 11.5. The molecule has 3 nitrogen and oxygen atoms in total. The Morgan fingerprint density at radius 3 is 2.29 bits per heavy atom. The van der Waals surface area contributed by atoms with E-state index >= 15 is 0 Å². The summed E-state index contributed by atoms with van der Waals surface area (Å²) in [7, 11) is 0. The summed E-state index contributed by atoms with van der Waals surface area (Å²) < 4.78 is 0. The van der Waals surface area contributed by atoms with Crippen molar-refractivity contribution in [3.8, 4) is 0 Å². The van der Waals surface area contributed by atoms with Crippen LogP contribution < -0.4 is 10.6 Å². The van der Waals surface area contributed by atoms with E-state index in [1.807, 2.05) is 0 Å². The molecule has 0 aromatic carbocycles. The molecule has 0 spiro atoms. The molecule has 1 atom stereocenters. The molecule has 0 fully saturated rings. The molecule has 0 aliphatic heterocycles. The molecule has 0 aromatic heterocycles. The van der Waals surface area contributed by atoms with Crippen LogP contribution in [0.2, 0.25) is 0 Å². The van der Waals surface area contributed by atoms with E-state index in [-0.39, 0.29) is 18.3 Å². The van der Waals surface area contributed by atoms with Gasteiger partial charge in [0.2, 0.25) is 5.91 Å². The maximum atomic E-state index is 11.5. The Morgan fingerprint density at radius 1 is 1.12 bits per heavy atom. The SMILES string of the molecule is CCCNCCNC(=O)CC(C)CC(C)C.Cl. The molecule has 0 saturated heterocycles. The number of rotatable bonds is 9. The van der Waals surface area contributed by atoms with Crippen LogP contribution in [0, 0.1) is 11.8 Å². The minimum absolute atomic E-state index is 0. The van der Waals surface area contributed by atoms with Crippen LogP contribution in [0.1, 0.15) is 47.0 Å². The van der Waals surface area contributed by atoms with Crippen LogP contribution in [0.3, 0.4) is 0 Å². The lowest BCUT2D eigenvalue weighted by Crippen LogP contribution is -2.32. The highest BCUT2D eigenvalue weighted by molar-refractivity contribution is 5.85. The first kappa shape index (κ1) is 19.1. The fraction of sp³-hybridized carbons (Fsp3) is 0.923. The van der Waals surface area contributed by atoms with Crippen molar-refractivity contribution < 1.29 is 4.79 Å². The zero-order valence-corrected chi connectivity index (χ0v) is 12.5. The molecule has 0 aliphatic carbocycles. The average Bonchev–Trinajstić information content (AvgIpc) is 2.15. The van der Waals surface area contributed by atoms with Gasteiger partial charge in [0, 0.05) is 19.5 Å². The van der Waals surface area contributed by atoms with Crippen LogP contribution in [0.4, 0.5) is 0 Å². The zero-order valence-electron chi connectivity index (χ0n) is 11.7. The lowest BCUT2D eigenvalue weighted by Gasteiger charge is -2.13. The molecule has 0 rings (SSSR count). The van der Waals surface area contributed by atoms with Crippen molar-refractivity contribution in [3.63, 3.8) is 0 Å². The Balaban J connectivity index is 0. The van der Waals surface area contributed by atoms with Crippen LogP contribution in [0.15, 0.2) is 0 Å². The maximum absolute atomic E-state index is 11.5. The lowest BCUT2D eigenvalue weighted by molar-refractivity contribution is -0.121. The predicted octanol–water partition coefficient (Wildman–Crippen LogP) is 2.60. The Kier molecular flexibility index (Phi) is 13.7. The summed E-state index contributed by atoms with van der Waals surface area (Å²) in [5.41, 5.74) is 0. The van der Waals surface area contributed by atoms with Crippen molar-refractivity contribution in [1.29, 1.82) is 0 Å². The molecular formula is C13H29ClN2O. The van der Waals surface area contributed by atoms with Crippen LogP contribution in [-0.2, 0) is 4.79 Å². The molecule has 0 bridgehead atoms. The van der Waals surface area contributed by atoms with Crippen molar-refractivity contribution in [1.82, 2.24) is 10.6 Å². The van der Waals surface area contributed by atoms with Crippen molar-refractivity contribution in [2.45, 2.75) is 47.0 Å². The minimum Gasteiger partial charge on any atom is -0.355 e. The molecule has 1 amide bonds. The number of halogens is 1. The van der Waals surface area contributed by atoms with E-state index in [2.05, 4.69) is 38.3 Å². The van der Waals surface area contributed by atoms with Gasteiger partial charge in [-0.1, -0.05) is 27.7 Å². The van der Waals surface area contributed by atoms with E-state index in [0.717, 1.165) is 32.5 Å². The Morgan fingerprint density at radius 2 is 1.76 bits per heavy atom. The molecule has 17 heavy (non-hydrogen) atoms. The molecule has 4 heteroatoms. The molecule has 0 aliphatic rings. The normalized spacial score (nSPS) is 12.1. The van der Waals surface area contributed by atoms with E-state index in [4.69, 9.17) is 0 Å². The molecule has 1 unspecified atom stereocenters. The minimum atomic E-state index is 0. The first-order valence-corrected chi connectivity index (χ1v) is 6.53. The smallest absolute Gasteiger partial charge is 0.220 e. The second kappa shape index (κ2) is 12.2. The fourth-order valence-corrected chi connectivity index (χ4v) is 1.87. The fourth-order valence-electron chi connectivity index (χ4n) is 1.87. The van der Waals surface area contributed by atoms with Gasteiger partial charge in [-0.3, -0.25) is 4.79 Å². The number of hydrogen-bond donors (Lipinski definition) is 2. The molecular weight excluding hydrogens is 236 g/mol. The van der Waals surface area contributed by atoms with Gasteiger partial charge in [-0.05, 0) is 31.2 Å². The van der Waals surface area contributed by atoms with Gasteiger partial charge in [-0.25, -0.2) is 0 Å².